The lowest BCUT2D eigenvalue weighted by Crippen LogP contribution is -2.54. The van der Waals surface area contributed by atoms with Crippen LogP contribution >= 0.6 is 0 Å². The number of amides is 1. The van der Waals surface area contributed by atoms with Gasteiger partial charge in [-0.05, 0) is 95.5 Å². The molecule has 4 heterocycles. The first kappa shape index (κ1) is 27.6. The van der Waals surface area contributed by atoms with Crippen LogP contribution in [0.15, 0.2) is 47.5 Å². The van der Waals surface area contributed by atoms with E-state index in [1.54, 1.807) is 0 Å². The predicted octanol–water partition coefficient (Wildman–Crippen LogP) is 5.01. The molecule has 1 aromatic carbocycles. The molecule has 3 N–H and O–H groups in total. The molecule has 1 amide bonds. The summed E-state index contributed by atoms with van der Waals surface area (Å²) >= 11 is 0. The summed E-state index contributed by atoms with van der Waals surface area (Å²) in [6.45, 7) is 16.5. The SMILES string of the molecule is Cc1cc(C)c(CNC(=O)c2cc(-c3ccc(N4C[C@@H](C)N[C@@H](C)C4)nc3)cc3c2c(C)cn3C(C)C)c(=O)[nH]1. The van der Waals surface area contributed by atoms with Gasteiger partial charge in [0.05, 0.1) is 0 Å². The van der Waals surface area contributed by atoms with E-state index < -0.39 is 0 Å². The van der Waals surface area contributed by atoms with E-state index in [2.05, 4.69) is 77.2 Å². The van der Waals surface area contributed by atoms with Crippen molar-refractivity contribution in [3.8, 4) is 11.1 Å². The van der Waals surface area contributed by atoms with Crippen molar-refractivity contribution in [3.05, 3.63) is 81.0 Å². The number of benzene rings is 1. The van der Waals surface area contributed by atoms with Crippen LogP contribution in [-0.4, -0.2) is 45.6 Å². The number of hydrogen-bond donors (Lipinski definition) is 3. The normalized spacial score (nSPS) is 17.6. The number of nitrogens with zero attached hydrogens (tertiary/aromatic N) is 3. The fourth-order valence-corrected chi connectivity index (χ4v) is 5.98. The minimum Gasteiger partial charge on any atom is -0.354 e. The molecule has 1 saturated heterocycles. The van der Waals surface area contributed by atoms with Gasteiger partial charge in [-0.1, -0.05) is 0 Å². The van der Waals surface area contributed by atoms with Gasteiger partial charge >= 0.3 is 0 Å². The van der Waals surface area contributed by atoms with E-state index in [1.165, 1.54) is 0 Å². The Hall–Kier alpha value is -3.91. The Labute approximate surface area is 235 Å². The Morgan fingerprint density at radius 3 is 2.40 bits per heavy atom. The molecule has 1 aliphatic heterocycles. The fraction of sp³-hybridized carbons (Fsp3) is 0.406. The first-order valence-electron chi connectivity index (χ1n) is 14.1. The van der Waals surface area contributed by atoms with Gasteiger partial charge in [0.1, 0.15) is 5.82 Å². The third-order valence-electron chi connectivity index (χ3n) is 7.81. The van der Waals surface area contributed by atoms with Crippen LogP contribution in [0.1, 0.15) is 66.5 Å². The first-order valence-corrected chi connectivity index (χ1v) is 14.1. The molecule has 0 saturated carbocycles. The topological polar surface area (TPSA) is 95.1 Å². The van der Waals surface area contributed by atoms with Crippen molar-refractivity contribution in [2.45, 2.75) is 73.1 Å². The standard InChI is InChI=1S/C32H40N6O2/c1-18(2)38-15-20(4)30-26(31(39)34-14-27-19(3)10-21(5)36-32(27)40)11-25(12-28(30)38)24-8-9-29(33-13-24)37-16-22(6)35-23(7)17-37/h8-13,15,18,22-23,35H,14,16-17H2,1-7H3,(H,34,39)(H,36,40)/t22-,23+. The highest BCUT2D eigenvalue weighted by Gasteiger charge is 2.23. The van der Waals surface area contributed by atoms with Crippen molar-refractivity contribution in [1.82, 2.24) is 25.2 Å². The molecule has 0 spiro atoms. The zero-order valence-corrected chi connectivity index (χ0v) is 24.6. The third kappa shape index (κ3) is 5.41. The molecule has 0 aliphatic carbocycles. The van der Waals surface area contributed by atoms with Gasteiger partial charge in [0.2, 0.25) is 0 Å². The van der Waals surface area contributed by atoms with Crippen molar-refractivity contribution in [2.24, 2.45) is 0 Å². The van der Waals surface area contributed by atoms with Crippen LogP contribution < -0.4 is 21.1 Å². The molecule has 8 nitrogen and oxygen atoms in total. The number of nitrogens with one attached hydrogen (secondary N) is 3. The van der Waals surface area contributed by atoms with E-state index in [4.69, 9.17) is 4.98 Å². The van der Waals surface area contributed by atoms with Crippen LogP contribution in [0.25, 0.3) is 22.0 Å². The van der Waals surface area contributed by atoms with E-state index in [0.29, 0.717) is 23.2 Å². The maximum absolute atomic E-state index is 13.7. The van der Waals surface area contributed by atoms with Gasteiger partial charge < -0.3 is 25.1 Å². The van der Waals surface area contributed by atoms with E-state index in [9.17, 15) is 9.59 Å². The Morgan fingerprint density at radius 1 is 1.05 bits per heavy atom. The maximum Gasteiger partial charge on any atom is 0.253 e. The second kappa shape index (κ2) is 10.9. The summed E-state index contributed by atoms with van der Waals surface area (Å²) in [6, 6.07) is 11.2. The third-order valence-corrected chi connectivity index (χ3v) is 7.81. The molecular formula is C32H40N6O2. The van der Waals surface area contributed by atoms with E-state index in [1.807, 2.05) is 39.1 Å². The lowest BCUT2D eigenvalue weighted by Gasteiger charge is -2.36. The summed E-state index contributed by atoms with van der Waals surface area (Å²) in [5.41, 5.74) is 6.60. The average molecular weight is 541 g/mol. The summed E-state index contributed by atoms with van der Waals surface area (Å²) in [4.78, 5) is 36.2. The second-order valence-corrected chi connectivity index (χ2v) is 11.6. The number of hydrogen-bond acceptors (Lipinski definition) is 5. The molecule has 0 bridgehead atoms. The number of rotatable bonds is 6. The molecule has 1 fully saturated rings. The van der Waals surface area contributed by atoms with E-state index in [0.717, 1.165) is 57.8 Å². The number of pyridine rings is 2. The average Bonchev–Trinajstić information content (AvgIpc) is 3.23. The van der Waals surface area contributed by atoms with Crippen LogP contribution in [-0.2, 0) is 6.54 Å². The zero-order chi connectivity index (χ0) is 28.7. The number of aryl methyl sites for hydroxylation is 3. The highest BCUT2D eigenvalue weighted by molar-refractivity contribution is 6.09. The number of anilines is 1. The van der Waals surface area contributed by atoms with Gasteiger partial charge in [-0.25, -0.2) is 4.98 Å². The molecule has 0 unspecified atom stereocenters. The van der Waals surface area contributed by atoms with Gasteiger partial charge in [-0.3, -0.25) is 9.59 Å². The summed E-state index contributed by atoms with van der Waals surface area (Å²) in [5.74, 6) is 0.757. The van der Waals surface area contributed by atoms with Crippen molar-refractivity contribution in [1.29, 1.82) is 0 Å². The zero-order valence-electron chi connectivity index (χ0n) is 24.6. The van der Waals surface area contributed by atoms with Crippen LogP contribution in [0, 0.1) is 20.8 Å². The Morgan fingerprint density at radius 2 is 1.77 bits per heavy atom. The Kier molecular flexibility index (Phi) is 7.55. The largest absolute Gasteiger partial charge is 0.354 e. The Bertz CT molecular complexity index is 1610. The lowest BCUT2D eigenvalue weighted by atomic mass is 9.98. The number of fused-ring (bicyclic) bond motifs is 1. The summed E-state index contributed by atoms with van der Waals surface area (Å²) in [5, 5.41) is 7.51. The molecular weight excluding hydrogens is 500 g/mol. The summed E-state index contributed by atoms with van der Waals surface area (Å²) in [6.07, 6.45) is 4.01. The maximum atomic E-state index is 13.7. The van der Waals surface area contributed by atoms with Gasteiger partial charge in [-0.15, -0.1) is 0 Å². The molecule has 5 rings (SSSR count). The van der Waals surface area contributed by atoms with Crippen LogP contribution in [0.3, 0.4) is 0 Å². The summed E-state index contributed by atoms with van der Waals surface area (Å²) < 4.78 is 2.21. The molecule has 3 aromatic heterocycles. The van der Waals surface area contributed by atoms with Crippen molar-refractivity contribution in [3.63, 3.8) is 0 Å². The van der Waals surface area contributed by atoms with Gasteiger partial charge in [-0.2, -0.15) is 0 Å². The monoisotopic (exact) mass is 540 g/mol. The fourth-order valence-electron chi connectivity index (χ4n) is 5.98. The minimum atomic E-state index is -0.204. The number of piperazine rings is 1. The molecule has 40 heavy (non-hydrogen) atoms. The van der Waals surface area contributed by atoms with Crippen molar-refractivity contribution >= 4 is 22.6 Å². The van der Waals surface area contributed by atoms with Gasteiger partial charge in [0.25, 0.3) is 11.5 Å². The Balaban J connectivity index is 1.52. The number of carbonyl (C=O) groups excluding carboxylic acids is 1. The van der Waals surface area contributed by atoms with Crippen LogP contribution in [0.4, 0.5) is 5.82 Å². The number of aromatic amines is 1. The van der Waals surface area contributed by atoms with E-state index >= 15 is 0 Å². The molecule has 0 radical (unpaired) electrons. The van der Waals surface area contributed by atoms with E-state index in [-0.39, 0.29) is 24.1 Å². The molecule has 2 atom stereocenters. The van der Waals surface area contributed by atoms with Gasteiger partial charge in [0, 0.05) is 83.4 Å². The number of aromatic nitrogens is 3. The molecule has 8 heteroatoms. The number of H-pyrrole nitrogens is 1. The molecule has 210 valence electrons. The van der Waals surface area contributed by atoms with Crippen LogP contribution in [0.5, 0.6) is 0 Å². The second-order valence-electron chi connectivity index (χ2n) is 11.6. The predicted molar refractivity (Wildman–Crippen MR) is 162 cm³/mol. The van der Waals surface area contributed by atoms with Gasteiger partial charge in [0.15, 0.2) is 0 Å². The number of carbonyl (C=O) groups is 1. The quantitative estimate of drug-likeness (QED) is 0.319. The highest BCUT2D eigenvalue weighted by Crippen LogP contribution is 2.33. The molecule has 1 aliphatic rings. The van der Waals surface area contributed by atoms with Crippen molar-refractivity contribution in [2.75, 3.05) is 18.0 Å². The lowest BCUT2D eigenvalue weighted by molar-refractivity contribution is 0.0952. The molecule has 4 aromatic rings. The highest BCUT2D eigenvalue weighted by atomic mass is 16.1. The minimum absolute atomic E-state index is 0.160. The van der Waals surface area contributed by atoms with Crippen LogP contribution in [0.2, 0.25) is 0 Å². The smallest absolute Gasteiger partial charge is 0.253 e. The first-order chi connectivity index (χ1) is 19.0. The summed E-state index contributed by atoms with van der Waals surface area (Å²) in [7, 11) is 0. The van der Waals surface area contributed by atoms with Crippen molar-refractivity contribution < 1.29 is 4.79 Å².